The van der Waals surface area contributed by atoms with Crippen LogP contribution < -0.4 is 10.1 Å². The van der Waals surface area contributed by atoms with Crippen molar-refractivity contribution >= 4 is 23.2 Å². The van der Waals surface area contributed by atoms with Crippen molar-refractivity contribution in [2.45, 2.75) is 79.7 Å². The molecule has 3 aromatic rings. The van der Waals surface area contributed by atoms with Gasteiger partial charge in [-0.2, -0.15) is 0 Å². The number of aryl methyl sites for hydroxylation is 2. The number of rotatable bonds is 7. The smallest absolute Gasteiger partial charge is 0.262 e. The van der Waals surface area contributed by atoms with Gasteiger partial charge in [0.25, 0.3) is 5.91 Å². The number of hydrogen-bond donors (Lipinski definition) is 1. The van der Waals surface area contributed by atoms with E-state index in [9.17, 15) is 14.4 Å². The fourth-order valence-corrected chi connectivity index (χ4v) is 7.41. The predicted octanol–water partition coefficient (Wildman–Crippen LogP) is 8.21. The summed E-state index contributed by atoms with van der Waals surface area (Å²) in [6.45, 7) is 13.0. The molecular weight excluding hydrogens is 572 g/mol. The number of Topliss-reactive ketones (excluding diaryl/α,β-unsaturated/α-hetero) is 2. The average molecular weight is 617 g/mol. The Bertz CT molecular complexity index is 1730. The molecule has 3 aromatic carbocycles. The van der Waals surface area contributed by atoms with E-state index in [0.717, 1.165) is 63.3 Å². The minimum atomic E-state index is -0.475. The predicted molar refractivity (Wildman–Crippen MR) is 181 cm³/mol. The number of amides is 1. The van der Waals surface area contributed by atoms with Gasteiger partial charge in [-0.25, -0.2) is 0 Å². The van der Waals surface area contributed by atoms with Crippen LogP contribution in [-0.2, 0) is 20.9 Å². The lowest BCUT2D eigenvalue weighted by atomic mass is 9.63. The summed E-state index contributed by atoms with van der Waals surface area (Å²) in [5, 5.41) is 2.94. The molecule has 2 aliphatic carbocycles. The van der Waals surface area contributed by atoms with E-state index in [2.05, 4.69) is 50.0 Å². The van der Waals surface area contributed by atoms with Gasteiger partial charge >= 0.3 is 0 Å². The van der Waals surface area contributed by atoms with Gasteiger partial charge in [0, 0.05) is 53.5 Å². The van der Waals surface area contributed by atoms with Crippen molar-refractivity contribution in [3.8, 4) is 5.75 Å². The first kappa shape index (κ1) is 31.5. The first-order valence-corrected chi connectivity index (χ1v) is 16.2. The summed E-state index contributed by atoms with van der Waals surface area (Å²) in [6.07, 6.45) is 2.35. The maximum Gasteiger partial charge on any atom is 0.262 e. The van der Waals surface area contributed by atoms with E-state index in [1.807, 2.05) is 74.5 Å². The molecule has 1 N–H and O–H groups in total. The lowest BCUT2D eigenvalue weighted by Crippen LogP contribution is -2.44. The highest BCUT2D eigenvalue weighted by Crippen LogP contribution is 2.55. The molecule has 0 unspecified atom stereocenters. The zero-order valence-corrected chi connectivity index (χ0v) is 27.8. The molecule has 1 heterocycles. The molecule has 238 valence electrons. The fourth-order valence-electron chi connectivity index (χ4n) is 7.41. The molecule has 0 aromatic heterocycles. The van der Waals surface area contributed by atoms with Crippen LogP contribution in [0.5, 0.6) is 5.75 Å². The van der Waals surface area contributed by atoms with Crippen molar-refractivity contribution in [1.29, 1.82) is 0 Å². The quantitative estimate of drug-likeness (QED) is 0.290. The van der Waals surface area contributed by atoms with Gasteiger partial charge in [-0.15, -0.1) is 0 Å². The van der Waals surface area contributed by atoms with Gasteiger partial charge in [0.2, 0.25) is 0 Å². The second-order valence-electron chi connectivity index (χ2n) is 14.8. The zero-order valence-electron chi connectivity index (χ0n) is 27.8. The molecule has 0 bridgehead atoms. The maximum absolute atomic E-state index is 14.2. The molecule has 0 radical (unpaired) electrons. The van der Waals surface area contributed by atoms with Gasteiger partial charge in [0.1, 0.15) is 5.75 Å². The summed E-state index contributed by atoms with van der Waals surface area (Å²) in [5.74, 6) is -0.0143. The number of anilines is 1. The molecule has 0 saturated heterocycles. The molecule has 0 fully saturated rings. The summed E-state index contributed by atoms with van der Waals surface area (Å²) in [4.78, 5) is 43.4. The molecule has 6 rings (SSSR count). The number of ketones is 2. The molecule has 1 amide bonds. The molecular formula is C40H44N2O4. The van der Waals surface area contributed by atoms with E-state index in [-0.39, 0.29) is 34.9 Å². The van der Waals surface area contributed by atoms with Crippen LogP contribution in [0.2, 0.25) is 0 Å². The Morgan fingerprint density at radius 3 is 2.04 bits per heavy atom. The summed E-state index contributed by atoms with van der Waals surface area (Å²) >= 11 is 0. The Morgan fingerprint density at radius 1 is 0.804 bits per heavy atom. The van der Waals surface area contributed by atoms with E-state index >= 15 is 0 Å². The van der Waals surface area contributed by atoms with Crippen LogP contribution in [0, 0.1) is 24.7 Å². The van der Waals surface area contributed by atoms with Crippen LogP contribution >= 0.6 is 0 Å². The monoisotopic (exact) mass is 616 g/mol. The minimum Gasteiger partial charge on any atom is -0.484 e. The van der Waals surface area contributed by atoms with Crippen molar-refractivity contribution in [3.05, 3.63) is 118 Å². The Morgan fingerprint density at radius 2 is 1.43 bits per heavy atom. The number of carbonyl (C=O) groups excluding carboxylic acids is 3. The molecule has 0 spiro atoms. The highest BCUT2D eigenvalue weighted by atomic mass is 16.5. The van der Waals surface area contributed by atoms with Gasteiger partial charge in [-0.05, 0) is 72.4 Å². The number of carbonyl (C=O) groups is 3. The topological polar surface area (TPSA) is 75.7 Å². The second-order valence-corrected chi connectivity index (χ2v) is 14.8. The Kier molecular flexibility index (Phi) is 8.26. The standard InChI is InChI=1S/C40H44N2O4/c1-25-15-16-30(26(2)17-25)41-35(45)24-46-29-14-10-13-28(18-29)36-37-31(19-39(3,4)21-33(37)43)42(23-27-11-8-7-9-12-27)32-20-40(5,6)22-34(44)38(32)36/h7-18,36H,19-24H2,1-6H3,(H,41,45). The van der Waals surface area contributed by atoms with E-state index in [1.165, 1.54) is 0 Å². The van der Waals surface area contributed by atoms with Crippen LogP contribution in [0.15, 0.2) is 95.3 Å². The third kappa shape index (κ3) is 6.44. The normalized spacial score (nSPS) is 19.1. The first-order valence-electron chi connectivity index (χ1n) is 16.2. The average Bonchev–Trinajstić information content (AvgIpc) is 2.98. The molecule has 3 aliphatic rings. The molecule has 46 heavy (non-hydrogen) atoms. The number of nitrogens with one attached hydrogen (secondary N) is 1. The van der Waals surface area contributed by atoms with Gasteiger partial charge in [0.15, 0.2) is 18.2 Å². The van der Waals surface area contributed by atoms with E-state index < -0.39 is 5.92 Å². The summed E-state index contributed by atoms with van der Waals surface area (Å²) in [5.41, 5.74) is 7.97. The minimum absolute atomic E-state index is 0.0951. The van der Waals surface area contributed by atoms with E-state index in [1.54, 1.807) is 0 Å². The maximum atomic E-state index is 14.2. The summed E-state index contributed by atoms with van der Waals surface area (Å²) in [6, 6.07) is 23.8. The van der Waals surface area contributed by atoms with Gasteiger partial charge in [-0.1, -0.05) is 87.9 Å². The molecule has 0 atom stereocenters. The van der Waals surface area contributed by atoms with Crippen LogP contribution in [-0.4, -0.2) is 29.0 Å². The van der Waals surface area contributed by atoms with Crippen LogP contribution in [0.25, 0.3) is 0 Å². The highest BCUT2D eigenvalue weighted by molar-refractivity contribution is 6.06. The van der Waals surface area contributed by atoms with E-state index in [0.29, 0.717) is 25.1 Å². The highest BCUT2D eigenvalue weighted by Gasteiger charge is 2.49. The zero-order chi connectivity index (χ0) is 32.8. The summed E-state index contributed by atoms with van der Waals surface area (Å²) in [7, 11) is 0. The van der Waals surface area contributed by atoms with Crippen LogP contribution in [0.4, 0.5) is 5.69 Å². The van der Waals surface area contributed by atoms with Crippen LogP contribution in [0.1, 0.15) is 81.5 Å². The SMILES string of the molecule is Cc1ccc(NC(=O)COc2cccc(C3C4=C(CC(C)(C)CC4=O)N(Cc4ccccc4)C4=C3C(=O)CC(C)(C)C4)c2)c(C)c1. The third-order valence-electron chi connectivity index (χ3n) is 9.42. The Hall–Kier alpha value is -4.45. The third-order valence-corrected chi connectivity index (χ3v) is 9.42. The van der Waals surface area contributed by atoms with Gasteiger partial charge < -0.3 is 15.0 Å². The first-order chi connectivity index (χ1) is 21.8. The summed E-state index contributed by atoms with van der Waals surface area (Å²) < 4.78 is 6.00. The number of hydrogen-bond acceptors (Lipinski definition) is 5. The number of benzene rings is 3. The van der Waals surface area contributed by atoms with Crippen LogP contribution in [0.3, 0.4) is 0 Å². The number of allylic oxidation sites excluding steroid dienone is 4. The Labute approximate surface area is 272 Å². The molecule has 1 aliphatic heterocycles. The van der Waals surface area contributed by atoms with Crippen molar-refractivity contribution in [3.63, 3.8) is 0 Å². The number of nitrogens with zero attached hydrogens (tertiary/aromatic N) is 1. The van der Waals surface area contributed by atoms with E-state index in [4.69, 9.17) is 4.74 Å². The largest absolute Gasteiger partial charge is 0.484 e. The van der Waals surface area contributed by atoms with Crippen molar-refractivity contribution in [2.75, 3.05) is 11.9 Å². The number of ether oxygens (including phenoxy) is 1. The van der Waals surface area contributed by atoms with Crippen molar-refractivity contribution < 1.29 is 19.1 Å². The lowest BCUT2D eigenvalue weighted by molar-refractivity contribution is -0.120. The van der Waals surface area contributed by atoms with Crippen molar-refractivity contribution in [1.82, 2.24) is 4.90 Å². The Balaban J connectivity index is 1.38. The second kappa shape index (κ2) is 12.1. The molecule has 6 nitrogen and oxygen atoms in total. The van der Waals surface area contributed by atoms with Gasteiger partial charge in [0.05, 0.1) is 0 Å². The van der Waals surface area contributed by atoms with Gasteiger partial charge in [-0.3, -0.25) is 14.4 Å². The molecule has 0 saturated carbocycles. The fraction of sp³-hybridized carbons (Fsp3) is 0.375. The lowest BCUT2D eigenvalue weighted by Gasteiger charge is -2.49. The van der Waals surface area contributed by atoms with Crippen molar-refractivity contribution in [2.24, 2.45) is 10.8 Å². The molecule has 6 heteroatoms.